The van der Waals surface area contributed by atoms with Gasteiger partial charge in [0, 0.05) is 12.7 Å². The van der Waals surface area contributed by atoms with E-state index in [0.29, 0.717) is 5.13 Å². The van der Waals surface area contributed by atoms with E-state index in [0.717, 1.165) is 15.7 Å². The van der Waals surface area contributed by atoms with Crippen LogP contribution in [0, 0.1) is 0 Å². The van der Waals surface area contributed by atoms with Crippen LogP contribution in [0.25, 0.3) is 0 Å². The van der Waals surface area contributed by atoms with E-state index in [4.69, 9.17) is 0 Å². The van der Waals surface area contributed by atoms with Crippen LogP contribution in [-0.2, 0) is 15.3 Å². The maximum Gasteiger partial charge on any atom is 0.228 e. The van der Waals surface area contributed by atoms with Gasteiger partial charge in [0.25, 0.3) is 0 Å². The van der Waals surface area contributed by atoms with Crippen LogP contribution in [0.5, 0.6) is 0 Å². The van der Waals surface area contributed by atoms with Crippen molar-refractivity contribution >= 4 is 40.0 Å². The van der Waals surface area contributed by atoms with E-state index in [-0.39, 0.29) is 18.2 Å². The lowest BCUT2D eigenvalue weighted by Gasteiger charge is -2.17. The number of amides is 2. The Balaban J connectivity index is 1.56. The molecule has 0 bridgehead atoms. The molecule has 2 aromatic carbocycles. The van der Waals surface area contributed by atoms with Crippen LogP contribution < -0.4 is 10.6 Å². The number of carbonyl (C=O) groups excluding carboxylic acids is 2. The number of nitrogens with zero attached hydrogens (tertiary/aromatic N) is 2. The third-order valence-electron chi connectivity index (χ3n) is 3.83. The van der Waals surface area contributed by atoms with E-state index in [9.17, 15) is 9.59 Å². The number of rotatable bonds is 8. The summed E-state index contributed by atoms with van der Waals surface area (Å²) in [5.41, 5.74) is 2.08. The van der Waals surface area contributed by atoms with Crippen LogP contribution in [0.3, 0.4) is 0 Å². The molecule has 28 heavy (non-hydrogen) atoms. The van der Waals surface area contributed by atoms with Crippen LogP contribution in [0.2, 0.25) is 0 Å². The predicted octanol–water partition coefficient (Wildman–Crippen LogP) is 4.04. The molecule has 3 aromatic rings. The second-order valence-electron chi connectivity index (χ2n) is 6.06. The molecule has 0 aliphatic rings. The molecule has 8 heteroatoms. The smallest absolute Gasteiger partial charge is 0.228 e. The van der Waals surface area contributed by atoms with E-state index < -0.39 is 6.04 Å². The Morgan fingerprint density at radius 1 is 1.04 bits per heavy atom. The Hall–Kier alpha value is -2.71. The third-order valence-corrected chi connectivity index (χ3v) is 5.87. The fourth-order valence-electron chi connectivity index (χ4n) is 2.58. The Bertz CT molecular complexity index is 916. The number of nitrogens with one attached hydrogen (secondary N) is 2. The van der Waals surface area contributed by atoms with Gasteiger partial charge in [-0.2, -0.15) is 0 Å². The van der Waals surface area contributed by atoms with E-state index in [1.54, 1.807) is 11.8 Å². The Kier molecular flexibility index (Phi) is 7.16. The Morgan fingerprint density at radius 2 is 1.71 bits per heavy atom. The summed E-state index contributed by atoms with van der Waals surface area (Å²) in [4.78, 5) is 23.9. The quantitative estimate of drug-likeness (QED) is 0.431. The number of carbonyl (C=O) groups is 2. The molecule has 1 unspecified atom stereocenters. The van der Waals surface area contributed by atoms with Crippen molar-refractivity contribution in [1.29, 1.82) is 0 Å². The second-order valence-corrected chi connectivity index (χ2v) is 8.26. The summed E-state index contributed by atoms with van der Waals surface area (Å²) in [6.45, 7) is 1.44. The number of thioether (sulfide) groups is 1. The first kappa shape index (κ1) is 20.0. The van der Waals surface area contributed by atoms with Crippen molar-refractivity contribution in [2.75, 3.05) is 5.32 Å². The average molecular weight is 413 g/mol. The standard InChI is InChI=1S/C20H20N4O2S2/c1-14(25)21-17(16-10-6-3-7-11-16)12-18(26)22-19-23-24-20(28-19)27-13-15-8-4-2-5-9-15/h2-11,17H,12-13H2,1H3,(H,21,25)(H,22,23,26). The van der Waals surface area contributed by atoms with Crippen LogP contribution in [0.15, 0.2) is 65.0 Å². The van der Waals surface area contributed by atoms with Crippen LogP contribution >= 0.6 is 23.1 Å². The Morgan fingerprint density at radius 3 is 2.39 bits per heavy atom. The third kappa shape index (κ3) is 6.17. The SMILES string of the molecule is CC(=O)NC(CC(=O)Nc1nnc(SCc2ccccc2)s1)c1ccccc1. The van der Waals surface area contributed by atoms with Crippen molar-refractivity contribution in [3.8, 4) is 0 Å². The second kappa shape index (κ2) is 10.0. The van der Waals surface area contributed by atoms with Gasteiger partial charge < -0.3 is 10.6 Å². The van der Waals surface area contributed by atoms with Gasteiger partial charge in [0.2, 0.25) is 16.9 Å². The zero-order chi connectivity index (χ0) is 19.8. The van der Waals surface area contributed by atoms with E-state index in [1.807, 2.05) is 48.5 Å². The summed E-state index contributed by atoms with van der Waals surface area (Å²) in [6, 6.07) is 19.1. The molecule has 0 radical (unpaired) electrons. The number of anilines is 1. The maximum absolute atomic E-state index is 12.4. The minimum atomic E-state index is -0.390. The lowest BCUT2D eigenvalue weighted by Crippen LogP contribution is -2.29. The van der Waals surface area contributed by atoms with Crippen molar-refractivity contribution in [2.24, 2.45) is 0 Å². The van der Waals surface area contributed by atoms with Gasteiger partial charge >= 0.3 is 0 Å². The number of hydrogen-bond acceptors (Lipinski definition) is 6. The summed E-state index contributed by atoms with van der Waals surface area (Å²) >= 11 is 2.92. The highest BCUT2D eigenvalue weighted by Gasteiger charge is 2.18. The average Bonchev–Trinajstić information content (AvgIpc) is 3.14. The summed E-state index contributed by atoms with van der Waals surface area (Å²) in [5, 5.41) is 14.2. The molecule has 2 N–H and O–H groups in total. The van der Waals surface area contributed by atoms with Gasteiger partial charge in [-0.1, -0.05) is 83.8 Å². The summed E-state index contributed by atoms with van der Waals surface area (Å²) in [6.07, 6.45) is 0.121. The van der Waals surface area contributed by atoms with Crippen molar-refractivity contribution in [3.05, 3.63) is 71.8 Å². The highest BCUT2D eigenvalue weighted by atomic mass is 32.2. The number of aromatic nitrogens is 2. The molecule has 0 aliphatic carbocycles. The minimum absolute atomic E-state index is 0.121. The van der Waals surface area contributed by atoms with E-state index >= 15 is 0 Å². The lowest BCUT2D eigenvalue weighted by molar-refractivity contribution is -0.120. The molecule has 0 aliphatic heterocycles. The molecule has 0 spiro atoms. The lowest BCUT2D eigenvalue weighted by atomic mass is 10.0. The normalized spacial score (nSPS) is 11.6. The molecule has 6 nitrogen and oxygen atoms in total. The highest BCUT2D eigenvalue weighted by molar-refractivity contribution is 8.00. The van der Waals surface area contributed by atoms with Crippen molar-refractivity contribution < 1.29 is 9.59 Å². The number of benzene rings is 2. The molecule has 0 saturated heterocycles. The molecule has 1 heterocycles. The summed E-state index contributed by atoms with van der Waals surface area (Å²) < 4.78 is 0.792. The first-order chi connectivity index (χ1) is 13.6. The molecule has 1 atom stereocenters. The molecule has 0 fully saturated rings. The molecule has 1 aromatic heterocycles. The maximum atomic E-state index is 12.4. The minimum Gasteiger partial charge on any atom is -0.349 e. The first-order valence-corrected chi connectivity index (χ1v) is 10.5. The fraction of sp³-hybridized carbons (Fsp3) is 0.200. The Labute approximate surface area is 171 Å². The van der Waals surface area contributed by atoms with E-state index in [1.165, 1.54) is 23.8 Å². The van der Waals surface area contributed by atoms with Crippen molar-refractivity contribution in [3.63, 3.8) is 0 Å². The van der Waals surface area contributed by atoms with Gasteiger partial charge in [-0.15, -0.1) is 10.2 Å². The van der Waals surface area contributed by atoms with Crippen molar-refractivity contribution in [1.82, 2.24) is 15.5 Å². The molecule has 144 valence electrons. The predicted molar refractivity (Wildman–Crippen MR) is 112 cm³/mol. The summed E-state index contributed by atoms with van der Waals surface area (Å²) in [5.74, 6) is 0.387. The molecular weight excluding hydrogens is 392 g/mol. The zero-order valence-electron chi connectivity index (χ0n) is 15.3. The molecule has 3 rings (SSSR count). The topological polar surface area (TPSA) is 84.0 Å². The zero-order valence-corrected chi connectivity index (χ0v) is 16.9. The van der Waals surface area contributed by atoms with E-state index in [2.05, 4.69) is 33.0 Å². The largest absolute Gasteiger partial charge is 0.349 e. The van der Waals surface area contributed by atoms with Gasteiger partial charge in [0.1, 0.15) is 0 Å². The van der Waals surface area contributed by atoms with Gasteiger partial charge in [0.05, 0.1) is 12.5 Å². The van der Waals surface area contributed by atoms with Crippen LogP contribution in [0.1, 0.15) is 30.5 Å². The molecular formula is C20H20N4O2S2. The van der Waals surface area contributed by atoms with Crippen LogP contribution in [0.4, 0.5) is 5.13 Å². The van der Waals surface area contributed by atoms with Gasteiger partial charge in [0.15, 0.2) is 4.34 Å². The monoisotopic (exact) mass is 412 g/mol. The molecule has 0 saturated carbocycles. The van der Waals surface area contributed by atoms with Gasteiger partial charge in [-0.05, 0) is 11.1 Å². The van der Waals surface area contributed by atoms with Crippen molar-refractivity contribution in [2.45, 2.75) is 29.5 Å². The first-order valence-electron chi connectivity index (χ1n) is 8.72. The van der Waals surface area contributed by atoms with Gasteiger partial charge in [-0.25, -0.2) is 0 Å². The van der Waals surface area contributed by atoms with Gasteiger partial charge in [-0.3, -0.25) is 9.59 Å². The van der Waals surface area contributed by atoms with Crippen LogP contribution in [-0.4, -0.2) is 22.0 Å². The number of hydrogen-bond donors (Lipinski definition) is 2. The highest BCUT2D eigenvalue weighted by Crippen LogP contribution is 2.28. The summed E-state index contributed by atoms with van der Waals surface area (Å²) in [7, 11) is 0. The fourth-order valence-corrected chi connectivity index (χ4v) is 4.30. The molecule has 2 amide bonds.